The zero-order valence-corrected chi connectivity index (χ0v) is 11.4. The Bertz CT molecular complexity index is 377. The number of pyridine rings is 1. The van der Waals surface area contributed by atoms with Crippen molar-refractivity contribution in [1.82, 2.24) is 4.98 Å². The van der Waals surface area contributed by atoms with Crippen LogP contribution in [0.1, 0.15) is 43.9 Å². The van der Waals surface area contributed by atoms with Crippen LogP contribution in [-0.2, 0) is 0 Å². The number of anilines is 1. The van der Waals surface area contributed by atoms with Crippen LogP contribution in [0.3, 0.4) is 0 Å². The van der Waals surface area contributed by atoms with Crippen LogP contribution < -0.4 is 11.1 Å². The molecule has 0 fully saturated rings. The van der Waals surface area contributed by atoms with Gasteiger partial charge >= 0.3 is 0 Å². The number of nitrogens with one attached hydrogen (secondary N) is 1. The van der Waals surface area contributed by atoms with E-state index in [4.69, 9.17) is 18.0 Å². The van der Waals surface area contributed by atoms with E-state index >= 15 is 0 Å². The summed E-state index contributed by atoms with van der Waals surface area (Å²) < 4.78 is 0. The van der Waals surface area contributed by atoms with Gasteiger partial charge in [0.1, 0.15) is 10.8 Å². The van der Waals surface area contributed by atoms with E-state index in [1.165, 1.54) is 25.7 Å². The lowest BCUT2D eigenvalue weighted by Crippen LogP contribution is -2.12. The van der Waals surface area contributed by atoms with E-state index in [0.717, 1.165) is 23.6 Å². The van der Waals surface area contributed by atoms with Crippen molar-refractivity contribution in [3.63, 3.8) is 0 Å². The summed E-state index contributed by atoms with van der Waals surface area (Å²) in [5.74, 6) is 0.865. The Morgan fingerprint density at radius 1 is 1.35 bits per heavy atom. The zero-order chi connectivity index (χ0) is 12.7. The normalized spacial score (nSPS) is 10.2. The maximum atomic E-state index is 5.62. The van der Waals surface area contributed by atoms with Crippen LogP contribution in [0.4, 0.5) is 5.82 Å². The molecule has 1 aromatic heterocycles. The monoisotopic (exact) mass is 251 g/mol. The SMILES string of the molecule is CCCCCCNc1cc(C(N)=S)cc(C)n1. The third-order valence-corrected chi connectivity index (χ3v) is 2.81. The number of nitrogens with two attached hydrogens (primary N) is 1. The molecule has 1 heterocycles. The lowest BCUT2D eigenvalue weighted by atomic mass is 10.2. The van der Waals surface area contributed by atoms with Crippen LogP contribution in [0, 0.1) is 6.92 Å². The fourth-order valence-electron chi connectivity index (χ4n) is 1.67. The molecule has 0 saturated carbocycles. The first kappa shape index (κ1) is 13.9. The van der Waals surface area contributed by atoms with Gasteiger partial charge in [-0.15, -0.1) is 0 Å². The lowest BCUT2D eigenvalue weighted by molar-refractivity contribution is 0.684. The van der Waals surface area contributed by atoms with E-state index < -0.39 is 0 Å². The van der Waals surface area contributed by atoms with Gasteiger partial charge in [0.25, 0.3) is 0 Å². The van der Waals surface area contributed by atoms with Gasteiger partial charge in [-0.1, -0.05) is 38.4 Å². The van der Waals surface area contributed by atoms with E-state index in [0.29, 0.717) is 4.99 Å². The smallest absolute Gasteiger partial charge is 0.126 e. The average Bonchev–Trinajstić information content (AvgIpc) is 2.28. The Kier molecular flexibility index (Phi) is 5.91. The summed E-state index contributed by atoms with van der Waals surface area (Å²) in [4.78, 5) is 4.83. The maximum Gasteiger partial charge on any atom is 0.126 e. The first-order chi connectivity index (χ1) is 8.13. The number of hydrogen-bond donors (Lipinski definition) is 2. The van der Waals surface area contributed by atoms with Crippen molar-refractivity contribution in [2.45, 2.75) is 39.5 Å². The number of nitrogens with zero attached hydrogens (tertiary/aromatic N) is 1. The van der Waals surface area contributed by atoms with Crippen LogP contribution in [0.25, 0.3) is 0 Å². The van der Waals surface area contributed by atoms with Gasteiger partial charge in [-0.25, -0.2) is 4.98 Å². The van der Waals surface area contributed by atoms with Gasteiger partial charge in [-0.05, 0) is 25.5 Å². The summed E-state index contributed by atoms with van der Waals surface area (Å²) in [6, 6.07) is 3.82. The van der Waals surface area contributed by atoms with Gasteiger partial charge in [0.15, 0.2) is 0 Å². The first-order valence-electron chi connectivity index (χ1n) is 6.16. The highest BCUT2D eigenvalue weighted by molar-refractivity contribution is 7.80. The van der Waals surface area contributed by atoms with Crippen molar-refractivity contribution in [2.24, 2.45) is 5.73 Å². The van der Waals surface area contributed by atoms with Crippen LogP contribution >= 0.6 is 12.2 Å². The molecule has 1 rings (SSSR count). The number of aromatic nitrogens is 1. The van der Waals surface area contributed by atoms with Crippen molar-refractivity contribution < 1.29 is 0 Å². The van der Waals surface area contributed by atoms with Crippen LogP contribution in [0.2, 0.25) is 0 Å². The molecule has 1 aromatic rings. The van der Waals surface area contributed by atoms with Crippen LogP contribution in [0.5, 0.6) is 0 Å². The molecule has 0 aromatic carbocycles. The van der Waals surface area contributed by atoms with Crippen molar-refractivity contribution in [1.29, 1.82) is 0 Å². The lowest BCUT2D eigenvalue weighted by Gasteiger charge is -2.08. The minimum absolute atomic E-state index is 0.421. The second kappa shape index (κ2) is 7.22. The van der Waals surface area contributed by atoms with E-state index in [-0.39, 0.29) is 0 Å². The molecule has 0 aliphatic carbocycles. The Balaban J connectivity index is 2.50. The van der Waals surface area contributed by atoms with Gasteiger partial charge in [0.2, 0.25) is 0 Å². The van der Waals surface area contributed by atoms with Crippen LogP contribution in [0.15, 0.2) is 12.1 Å². The van der Waals surface area contributed by atoms with Crippen LogP contribution in [-0.4, -0.2) is 16.5 Å². The fraction of sp³-hybridized carbons (Fsp3) is 0.538. The number of hydrogen-bond acceptors (Lipinski definition) is 3. The summed E-state index contributed by atoms with van der Waals surface area (Å²) in [6.07, 6.45) is 4.98. The standard InChI is InChI=1S/C13H21N3S/c1-3-4-5-6-7-15-12-9-11(13(14)17)8-10(2)16-12/h8-9H,3-7H2,1-2H3,(H2,14,17)(H,15,16). The molecule has 17 heavy (non-hydrogen) atoms. The van der Waals surface area contributed by atoms with Crippen molar-refractivity contribution in [3.8, 4) is 0 Å². The molecule has 0 aliphatic rings. The molecule has 0 spiro atoms. The second-order valence-corrected chi connectivity index (χ2v) is 4.67. The van der Waals surface area contributed by atoms with Crippen molar-refractivity contribution in [3.05, 3.63) is 23.4 Å². The van der Waals surface area contributed by atoms with E-state index in [2.05, 4.69) is 17.2 Å². The second-order valence-electron chi connectivity index (χ2n) is 4.23. The molecule has 0 aliphatic heterocycles. The molecule has 0 unspecified atom stereocenters. The molecule has 0 saturated heterocycles. The van der Waals surface area contributed by atoms with E-state index in [9.17, 15) is 0 Å². The minimum Gasteiger partial charge on any atom is -0.389 e. The van der Waals surface area contributed by atoms with E-state index in [1.54, 1.807) is 0 Å². The summed E-state index contributed by atoms with van der Waals surface area (Å²) in [5.41, 5.74) is 7.44. The molecular weight excluding hydrogens is 230 g/mol. The first-order valence-corrected chi connectivity index (χ1v) is 6.56. The Hall–Kier alpha value is -1.16. The molecular formula is C13H21N3S. The maximum absolute atomic E-state index is 5.62. The third kappa shape index (κ3) is 5.13. The molecule has 3 nitrogen and oxygen atoms in total. The number of unbranched alkanes of at least 4 members (excludes halogenated alkanes) is 3. The molecule has 0 atom stereocenters. The highest BCUT2D eigenvalue weighted by atomic mass is 32.1. The van der Waals surface area contributed by atoms with Gasteiger partial charge in [-0.2, -0.15) is 0 Å². The number of rotatable bonds is 7. The Labute approximate surface area is 109 Å². The van der Waals surface area contributed by atoms with Gasteiger partial charge in [0, 0.05) is 17.8 Å². The predicted octanol–water partition coefficient (Wildman–Crippen LogP) is 3.02. The van der Waals surface area contributed by atoms with Crippen molar-refractivity contribution in [2.75, 3.05) is 11.9 Å². The molecule has 4 heteroatoms. The van der Waals surface area contributed by atoms with Crippen molar-refractivity contribution >= 4 is 23.0 Å². The third-order valence-electron chi connectivity index (χ3n) is 2.57. The topological polar surface area (TPSA) is 50.9 Å². The van der Waals surface area contributed by atoms with E-state index in [1.807, 2.05) is 19.1 Å². The molecule has 0 bridgehead atoms. The number of thiocarbonyl (C=S) groups is 1. The minimum atomic E-state index is 0.421. The molecule has 3 N–H and O–H groups in total. The zero-order valence-electron chi connectivity index (χ0n) is 10.6. The molecule has 94 valence electrons. The quantitative estimate of drug-likeness (QED) is 0.578. The summed E-state index contributed by atoms with van der Waals surface area (Å²) in [6.45, 7) is 5.11. The summed E-state index contributed by atoms with van der Waals surface area (Å²) in [7, 11) is 0. The summed E-state index contributed by atoms with van der Waals surface area (Å²) >= 11 is 4.97. The van der Waals surface area contributed by atoms with Gasteiger partial charge in [-0.3, -0.25) is 0 Å². The van der Waals surface area contributed by atoms with Gasteiger partial charge in [0.05, 0.1) is 0 Å². The fourth-order valence-corrected chi connectivity index (χ4v) is 1.79. The highest BCUT2D eigenvalue weighted by Crippen LogP contribution is 2.10. The Morgan fingerprint density at radius 3 is 2.76 bits per heavy atom. The Morgan fingerprint density at radius 2 is 2.12 bits per heavy atom. The number of aryl methyl sites for hydroxylation is 1. The molecule has 0 amide bonds. The summed E-state index contributed by atoms with van der Waals surface area (Å²) in [5, 5.41) is 3.31. The predicted molar refractivity (Wildman–Crippen MR) is 77.5 cm³/mol. The molecule has 0 radical (unpaired) electrons. The van der Waals surface area contributed by atoms with Gasteiger partial charge < -0.3 is 11.1 Å². The highest BCUT2D eigenvalue weighted by Gasteiger charge is 2.01. The largest absolute Gasteiger partial charge is 0.389 e. The average molecular weight is 251 g/mol.